The van der Waals surface area contributed by atoms with E-state index >= 15 is 0 Å². The van der Waals surface area contributed by atoms with Gasteiger partial charge in [-0.3, -0.25) is 9.59 Å². The number of amides is 1. The number of pyridine rings is 1. The van der Waals surface area contributed by atoms with Crippen molar-refractivity contribution >= 4 is 27.3 Å². The molecule has 0 aliphatic carbocycles. The number of hydrogen-bond donors (Lipinski definition) is 1. The molecular formula is C16H16N2O3S. The third kappa shape index (κ3) is 2.96. The lowest BCUT2D eigenvalue weighted by Gasteiger charge is -2.06. The van der Waals surface area contributed by atoms with Crippen LogP contribution in [0.2, 0.25) is 0 Å². The summed E-state index contributed by atoms with van der Waals surface area (Å²) < 4.78 is 7.76. The highest BCUT2D eigenvalue weighted by atomic mass is 32.1. The quantitative estimate of drug-likeness (QED) is 0.804. The summed E-state index contributed by atoms with van der Waals surface area (Å²) >= 11 is 1.58. The summed E-state index contributed by atoms with van der Waals surface area (Å²) in [5.74, 6) is 1.28. The summed E-state index contributed by atoms with van der Waals surface area (Å²) in [5.41, 5.74) is -0.133. The van der Waals surface area contributed by atoms with E-state index in [0.717, 1.165) is 15.3 Å². The molecule has 0 aliphatic rings. The maximum Gasteiger partial charge on any atom is 0.259 e. The molecule has 1 amide bonds. The molecule has 0 radical (unpaired) electrons. The number of aromatic nitrogens is 1. The number of aryl methyl sites for hydroxylation is 2. The molecule has 0 atom stereocenters. The van der Waals surface area contributed by atoms with Crippen LogP contribution in [0.3, 0.4) is 0 Å². The average Bonchev–Trinajstić information content (AvgIpc) is 3.05. The second-order valence-electron chi connectivity index (χ2n) is 5.17. The summed E-state index contributed by atoms with van der Waals surface area (Å²) in [4.78, 5) is 25.4. The molecule has 0 fully saturated rings. The van der Waals surface area contributed by atoms with Gasteiger partial charge in [-0.25, -0.2) is 0 Å². The largest absolute Gasteiger partial charge is 0.465 e. The van der Waals surface area contributed by atoms with Crippen LogP contribution in [-0.4, -0.2) is 10.5 Å². The van der Waals surface area contributed by atoms with Gasteiger partial charge in [0.05, 0.1) is 11.9 Å². The van der Waals surface area contributed by atoms with Crippen molar-refractivity contribution in [2.45, 2.75) is 26.9 Å². The summed E-state index contributed by atoms with van der Waals surface area (Å²) in [6, 6.07) is 7.40. The van der Waals surface area contributed by atoms with E-state index in [1.165, 1.54) is 4.57 Å². The van der Waals surface area contributed by atoms with Gasteiger partial charge in [0.15, 0.2) is 0 Å². The molecule has 22 heavy (non-hydrogen) atoms. The highest BCUT2D eigenvalue weighted by Gasteiger charge is 2.09. The fourth-order valence-corrected chi connectivity index (χ4v) is 3.21. The number of nitrogens with zero attached hydrogens (tertiary/aromatic N) is 1. The number of fused-ring (bicyclic) bond motifs is 1. The van der Waals surface area contributed by atoms with E-state index in [2.05, 4.69) is 5.32 Å². The van der Waals surface area contributed by atoms with Crippen LogP contribution in [0.1, 0.15) is 16.4 Å². The Morgan fingerprint density at radius 1 is 1.32 bits per heavy atom. The van der Waals surface area contributed by atoms with Crippen molar-refractivity contribution in [3.63, 3.8) is 0 Å². The first kappa shape index (κ1) is 14.6. The molecule has 6 heteroatoms. The Hall–Kier alpha value is -2.34. The van der Waals surface area contributed by atoms with E-state index in [1.54, 1.807) is 17.5 Å². The standard InChI is InChI=1S/C16H16N2O3S/c1-10-3-4-12(21-10)8-17-15(19)9-18-6-5-14-13(16(18)20)7-11(2)22-14/h3-7H,8-9H2,1-2H3,(H,17,19). The molecule has 5 nitrogen and oxygen atoms in total. The van der Waals surface area contributed by atoms with Crippen molar-refractivity contribution in [2.75, 3.05) is 0 Å². The van der Waals surface area contributed by atoms with Crippen molar-refractivity contribution in [2.24, 2.45) is 0 Å². The molecule has 0 aliphatic heterocycles. The van der Waals surface area contributed by atoms with Gasteiger partial charge in [0, 0.05) is 15.8 Å². The van der Waals surface area contributed by atoms with Gasteiger partial charge in [-0.05, 0) is 38.1 Å². The maximum absolute atomic E-state index is 12.3. The molecule has 3 aromatic heterocycles. The summed E-state index contributed by atoms with van der Waals surface area (Å²) in [6.07, 6.45) is 1.66. The summed E-state index contributed by atoms with van der Waals surface area (Å²) in [5, 5.41) is 3.42. The van der Waals surface area contributed by atoms with Crippen LogP contribution >= 0.6 is 11.3 Å². The van der Waals surface area contributed by atoms with Crippen molar-refractivity contribution in [3.8, 4) is 0 Å². The lowest BCUT2D eigenvalue weighted by Crippen LogP contribution is -2.31. The third-order valence-corrected chi connectivity index (χ3v) is 4.37. The second-order valence-corrected chi connectivity index (χ2v) is 6.46. The van der Waals surface area contributed by atoms with E-state index < -0.39 is 0 Å². The van der Waals surface area contributed by atoms with E-state index in [9.17, 15) is 9.59 Å². The molecule has 0 unspecified atom stereocenters. The zero-order valence-electron chi connectivity index (χ0n) is 12.4. The maximum atomic E-state index is 12.3. The molecule has 1 N–H and O–H groups in total. The van der Waals surface area contributed by atoms with Crippen LogP contribution in [0, 0.1) is 13.8 Å². The van der Waals surface area contributed by atoms with Gasteiger partial charge >= 0.3 is 0 Å². The zero-order chi connectivity index (χ0) is 15.7. The Bertz CT molecular complexity index is 888. The number of rotatable bonds is 4. The molecule has 0 saturated carbocycles. The normalized spacial score (nSPS) is 11.0. The van der Waals surface area contributed by atoms with E-state index in [0.29, 0.717) is 17.7 Å². The highest BCUT2D eigenvalue weighted by molar-refractivity contribution is 7.18. The van der Waals surface area contributed by atoms with Gasteiger partial charge < -0.3 is 14.3 Å². The van der Waals surface area contributed by atoms with Crippen LogP contribution in [0.4, 0.5) is 0 Å². The van der Waals surface area contributed by atoms with Crippen molar-refractivity contribution < 1.29 is 9.21 Å². The van der Waals surface area contributed by atoms with Crippen LogP contribution in [0.15, 0.2) is 39.7 Å². The molecular weight excluding hydrogens is 300 g/mol. The van der Waals surface area contributed by atoms with Crippen LogP contribution in [-0.2, 0) is 17.9 Å². The molecule has 0 spiro atoms. The first-order valence-electron chi connectivity index (χ1n) is 6.94. The summed E-state index contributed by atoms with van der Waals surface area (Å²) in [6.45, 7) is 4.14. The minimum absolute atomic E-state index is 0.00333. The van der Waals surface area contributed by atoms with Gasteiger partial charge in [-0.1, -0.05) is 0 Å². The first-order valence-corrected chi connectivity index (χ1v) is 7.76. The highest BCUT2D eigenvalue weighted by Crippen LogP contribution is 2.21. The zero-order valence-corrected chi connectivity index (χ0v) is 13.2. The van der Waals surface area contributed by atoms with Crippen LogP contribution < -0.4 is 10.9 Å². The Morgan fingerprint density at radius 3 is 2.86 bits per heavy atom. The SMILES string of the molecule is Cc1ccc(CNC(=O)Cn2ccc3sc(C)cc3c2=O)o1. The molecule has 0 bridgehead atoms. The van der Waals surface area contributed by atoms with Gasteiger partial charge in [0.25, 0.3) is 5.56 Å². The number of carbonyl (C=O) groups excluding carboxylic acids is 1. The topological polar surface area (TPSA) is 64.2 Å². The van der Waals surface area contributed by atoms with Crippen molar-refractivity contribution in [3.05, 3.63) is 57.2 Å². The minimum Gasteiger partial charge on any atom is -0.465 e. The lowest BCUT2D eigenvalue weighted by atomic mass is 10.3. The van der Waals surface area contributed by atoms with Gasteiger partial charge in [-0.2, -0.15) is 0 Å². The van der Waals surface area contributed by atoms with E-state index in [1.807, 2.05) is 38.1 Å². The number of nitrogens with one attached hydrogen (secondary N) is 1. The number of carbonyl (C=O) groups is 1. The second kappa shape index (κ2) is 5.81. The number of furan rings is 1. The Morgan fingerprint density at radius 2 is 2.14 bits per heavy atom. The minimum atomic E-state index is -0.220. The smallest absolute Gasteiger partial charge is 0.259 e. The molecule has 3 rings (SSSR count). The fraction of sp³-hybridized carbons (Fsp3) is 0.250. The monoisotopic (exact) mass is 316 g/mol. The van der Waals surface area contributed by atoms with Gasteiger partial charge in [0.2, 0.25) is 5.91 Å². The lowest BCUT2D eigenvalue weighted by molar-refractivity contribution is -0.121. The van der Waals surface area contributed by atoms with Gasteiger partial charge in [-0.15, -0.1) is 11.3 Å². The molecule has 114 valence electrons. The number of thiophene rings is 1. The Balaban J connectivity index is 1.71. The van der Waals surface area contributed by atoms with Crippen molar-refractivity contribution in [1.82, 2.24) is 9.88 Å². The predicted molar refractivity (Wildman–Crippen MR) is 86.1 cm³/mol. The third-order valence-electron chi connectivity index (χ3n) is 3.35. The first-order chi connectivity index (χ1) is 10.5. The van der Waals surface area contributed by atoms with Crippen LogP contribution in [0.25, 0.3) is 10.1 Å². The predicted octanol–water partition coefficient (Wildman–Crippen LogP) is 2.59. The van der Waals surface area contributed by atoms with E-state index in [-0.39, 0.29) is 18.0 Å². The van der Waals surface area contributed by atoms with Crippen LogP contribution in [0.5, 0.6) is 0 Å². The summed E-state index contributed by atoms with van der Waals surface area (Å²) in [7, 11) is 0. The van der Waals surface area contributed by atoms with Gasteiger partial charge in [0.1, 0.15) is 18.1 Å². The average molecular weight is 316 g/mol. The molecule has 0 aromatic carbocycles. The number of hydrogen-bond acceptors (Lipinski definition) is 4. The van der Waals surface area contributed by atoms with E-state index in [4.69, 9.17) is 4.42 Å². The molecule has 3 heterocycles. The Labute approximate surface area is 131 Å². The fourth-order valence-electron chi connectivity index (χ4n) is 2.30. The van der Waals surface area contributed by atoms with Crippen molar-refractivity contribution in [1.29, 1.82) is 0 Å². The Kier molecular flexibility index (Phi) is 3.85. The molecule has 0 saturated heterocycles. The molecule has 3 aromatic rings.